The lowest BCUT2D eigenvalue weighted by Gasteiger charge is -2.17. The zero-order valence-corrected chi connectivity index (χ0v) is 13.1. The van der Waals surface area contributed by atoms with Crippen LogP contribution < -0.4 is 10.6 Å². The van der Waals surface area contributed by atoms with Gasteiger partial charge in [-0.2, -0.15) is 0 Å². The average molecular weight is 333 g/mol. The predicted octanol–water partition coefficient (Wildman–Crippen LogP) is 3.31. The number of fused-ring (bicyclic) bond motifs is 1. The first kappa shape index (κ1) is 14.9. The highest BCUT2D eigenvalue weighted by Gasteiger charge is 2.15. The standard InChI is InChI=1S/C16H13ClN2O2S/c17-12-4-2-1-3-11(12)16(21)18-8-10-5-6-14-13(7-10)19-15(20)9-22-14/h1-7H,8-9H2,(H,18,21)(H,19,20). The van der Waals surface area contributed by atoms with Crippen molar-refractivity contribution in [1.29, 1.82) is 0 Å². The second-order valence-corrected chi connectivity index (χ2v) is 6.25. The minimum atomic E-state index is -0.221. The van der Waals surface area contributed by atoms with Gasteiger partial charge in [-0.1, -0.05) is 29.8 Å². The third-order valence-electron chi connectivity index (χ3n) is 3.25. The topological polar surface area (TPSA) is 58.2 Å². The van der Waals surface area contributed by atoms with Gasteiger partial charge in [0.25, 0.3) is 5.91 Å². The summed E-state index contributed by atoms with van der Waals surface area (Å²) in [4.78, 5) is 24.6. The SMILES string of the molecule is O=C1CSc2ccc(CNC(=O)c3ccccc3Cl)cc2N1. The molecule has 112 valence electrons. The summed E-state index contributed by atoms with van der Waals surface area (Å²) >= 11 is 7.51. The van der Waals surface area contributed by atoms with E-state index < -0.39 is 0 Å². The number of amides is 2. The van der Waals surface area contributed by atoms with Gasteiger partial charge in [-0.25, -0.2) is 0 Å². The van der Waals surface area contributed by atoms with Gasteiger partial charge in [0.2, 0.25) is 5.91 Å². The highest BCUT2D eigenvalue weighted by molar-refractivity contribution is 8.00. The molecular weight excluding hydrogens is 320 g/mol. The van der Waals surface area contributed by atoms with Crippen LogP contribution in [0.2, 0.25) is 5.02 Å². The maximum atomic E-state index is 12.1. The lowest BCUT2D eigenvalue weighted by molar-refractivity contribution is -0.113. The fraction of sp³-hybridized carbons (Fsp3) is 0.125. The molecule has 0 saturated carbocycles. The number of hydrogen-bond donors (Lipinski definition) is 2. The number of carbonyl (C=O) groups is 2. The highest BCUT2D eigenvalue weighted by Crippen LogP contribution is 2.31. The molecule has 1 aliphatic rings. The first-order valence-corrected chi connectivity index (χ1v) is 8.08. The van der Waals surface area contributed by atoms with Gasteiger partial charge in [0.15, 0.2) is 0 Å². The summed E-state index contributed by atoms with van der Waals surface area (Å²) in [5.74, 6) is 0.215. The zero-order valence-electron chi connectivity index (χ0n) is 11.6. The van der Waals surface area contributed by atoms with Crippen LogP contribution in [0.4, 0.5) is 5.69 Å². The molecule has 1 heterocycles. The normalized spacial score (nSPS) is 13.2. The summed E-state index contributed by atoms with van der Waals surface area (Å²) < 4.78 is 0. The van der Waals surface area contributed by atoms with E-state index in [2.05, 4.69) is 10.6 Å². The molecule has 1 aliphatic heterocycles. The first-order chi connectivity index (χ1) is 10.6. The molecule has 2 amide bonds. The second kappa shape index (κ2) is 6.42. The van der Waals surface area contributed by atoms with E-state index in [1.54, 1.807) is 24.3 Å². The minimum Gasteiger partial charge on any atom is -0.348 e. The van der Waals surface area contributed by atoms with Crippen LogP contribution in [0, 0.1) is 0 Å². The Balaban J connectivity index is 1.69. The number of carbonyl (C=O) groups excluding carboxylic acids is 2. The molecule has 0 bridgehead atoms. The molecule has 0 unspecified atom stereocenters. The molecule has 2 aromatic rings. The van der Waals surface area contributed by atoms with Crippen molar-refractivity contribution >= 4 is 40.9 Å². The number of benzene rings is 2. The first-order valence-electron chi connectivity index (χ1n) is 6.72. The van der Waals surface area contributed by atoms with Gasteiger partial charge in [-0.15, -0.1) is 11.8 Å². The van der Waals surface area contributed by atoms with Crippen LogP contribution in [0.1, 0.15) is 15.9 Å². The molecule has 3 rings (SSSR count). The van der Waals surface area contributed by atoms with Crippen LogP contribution in [0.25, 0.3) is 0 Å². The van der Waals surface area contributed by atoms with E-state index in [0.717, 1.165) is 16.1 Å². The summed E-state index contributed by atoms with van der Waals surface area (Å²) in [6.07, 6.45) is 0. The van der Waals surface area contributed by atoms with Crippen molar-refractivity contribution in [2.24, 2.45) is 0 Å². The van der Waals surface area contributed by atoms with Crippen LogP contribution in [0.15, 0.2) is 47.4 Å². The quantitative estimate of drug-likeness (QED) is 0.906. The molecule has 0 aliphatic carbocycles. The van der Waals surface area contributed by atoms with E-state index in [0.29, 0.717) is 22.9 Å². The molecule has 6 heteroatoms. The Hall–Kier alpha value is -1.98. The maximum absolute atomic E-state index is 12.1. The maximum Gasteiger partial charge on any atom is 0.253 e. The molecule has 0 atom stereocenters. The van der Waals surface area contributed by atoms with Crippen molar-refractivity contribution in [2.75, 3.05) is 11.1 Å². The highest BCUT2D eigenvalue weighted by atomic mass is 35.5. The van der Waals surface area contributed by atoms with Crippen LogP contribution in [0.5, 0.6) is 0 Å². The molecule has 2 N–H and O–H groups in total. The van der Waals surface area contributed by atoms with Crippen LogP contribution >= 0.6 is 23.4 Å². The summed E-state index contributed by atoms with van der Waals surface area (Å²) in [7, 11) is 0. The van der Waals surface area contributed by atoms with Gasteiger partial charge in [-0.05, 0) is 29.8 Å². The van der Waals surface area contributed by atoms with Crippen molar-refractivity contribution < 1.29 is 9.59 Å². The monoisotopic (exact) mass is 332 g/mol. The Morgan fingerprint density at radius 3 is 2.91 bits per heavy atom. The lowest BCUT2D eigenvalue weighted by atomic mass is 10.1. The third-order valence-corrected chi connectivity index (χ3v) is 4.65. The van der Waals surface area contributed by atoms with Crippen molar-refractivity contribution in [3.63, 3.8) is 0 Å². The number of hydrogen-bond acceptors (Lipinski definition) is 3. The smallest absolute Gasteiger partial charge is 0.253 e. The van der Waals surface area contributed by atoms with Crippen molar-refractivity contribution in [1.82, 2.24) is 5.32 Å². The molecule has 0 aromatic heterocycles. The van der Waals surface area contributed by atoms with Gasteiger partial charge in [0.05, 0.1) is 22.0 Å². The van der Waals surface area contributed by atoms with E-state index in [1.165, 1.54) is 11.8 Å². The van der Waals surface area contributed by atoms with E-state index >= 15 is 0 Å². The molecular formula is C16H13ClN2O2S. The summed E-state index contributed by atoms with van der Waals surface area (Å²) in [5, 5.41) is 6.09. The fourth-order valence-corrected chi connectivity index (χ4v) is 3.17. The second-order valence-electron chi connectivity index (χ2n) is 4.83. The Morgan fingerprint density at radius 1 is 1.27 bits per heavy atom. The van der Waals surface area contributed by atoms with Gasteiger partial charge in [0.1, 0.15) is 0 Å². The number of rotatable bonds is 3. The van der Waals surface area contributed by atoms with Crippen LogP contribution in [-0.4, -0.2) is 17.6 Å². The van der Waals surface area contributed by atoms with E-state index in [4.69, 9.17) is 11.6 Å². The minimum absolute atomic E-state index is 0.00486. The fourth-order valence-electron chi connectivity index (χ4n) is 2.16. The molecule has 0 saturated heterocycles. The van der Waals surface area contributed by atoms with Crippen LogP contribution in [0.3, 0.4) is 0 Å². The lowest BCUT2D eigenvalue weighted by Crippen LogP contribution is -2.23. The zero-order chi connectivity index (χ0) is 15.5. The van der Waals surface area contributed by atoms with E-state index in [9.17, 15) is 9.59 Å². The summed E-state index contributed by atoms with van der Waals surface area (Å²) in [6, 6.07) is 12.7. The van der Waals surface area contributed by atoms with Gasteiger partial charge in [-0.3, -0.25) is 9.59 Å². The van der Waals surface area contributed by atoms with E-state index in [-0.39, 0.29) is 11.8 Å². The molecule has 0 spiro atoms. The summed E-state index contributed by atoms with van der Waals surface area (Å²) in [6.45, 7) is 0.373. The van der Waals surface area contributed by atoms with Crippen molar-refractivity contribution in [3.05, 3.63) is 58.6 Å². The number of nitrogens with one attached hydrogen (secondary N) is 2. The Kier molecular flexibility index (Phi) is 4.36. The van der Waals surface area contributed by atoms with Gasteiger partial charge >= 0.3 is 0 Å². The molecule has 0 radical (unpaired) electrons. The number of thioether (sulfide) groups is 1. The Bertz CT molecular complexity index is 749. The Morgan fingerprint density at radius 2 is 2.09 bits per heavy atom. The van der Waals surface area contributed by atoms with Crippen molar-refractivity contribution in [3.8, 4) is 0 Å². The molecule has 0 fully saturated rings. The third kappa shape index (κ3) is 3.26. The van der Waals surface area contributed by atoms with Gasteiger partial charge in [0, 0.05) is 11.4 Å². The molecule has 22 heavy (non-hydrogen) atoms. The van der Waals surface area contributed by atoms with Gasteiger partial charge < -0.3 is 10.6 Å². The predicted molar refractivity (Wildman–Crippen MR) is 88.4 cm³/mol. The summed E-state index contributed by atoms with van der Waals surface area (Å²) in [5.41, 5.74) is 2.17. The Labute approximate surface area is 137 Å². The molecule has 2 aromatic carbocycles. The number of anilines is 1. The van der Waals surface area contributed by atoms with Crippen LogP contribution in [-0.2, 0) is 11.3 Å². The number of halogens is 1. The van der Waals surface area contributed by atoms with E-state index in [1.807, 2.05) is 18.2 Å². The molecule has 4 nitrogen and oxygen atoms in total. The average Bonchev–Trinajstić information content (AvgIpc) is 2.52. The van der Waals surface area contributed by atoms with Crippen molar-refractivity contribution in [2.45, 2.75) is 11.4 Å². The largest absolute Gasteiger partial charge is 0.348 e.